The molecule has 20 heavy (non-hydrogen) atoms. The van der Waals surface area contributed by atoms with Crippen LogP contribution in [0, 0.1) is 5.92 Å². The molecule has 6 nitrogen and oxygen atoms in total. The molecule has 0 aromatic heterocycles. The van der Waals surface area contributed by atoms with E-state index < -0.39 is 20.0 Å². The van der Waals surface area contributed by atoms with E-state index >= 15 is 0 Å². The van der Waals surface area contributed by atoms with Gasteiger partial charge in [-0.05, 0) is 43.0 Å². The molecule has 0 spiro atoms. The van der Waals surface area contributed by atoms with Crippen molar-refractivity contribution in [1.82, 2.24) is 9.03 Å². The summed E-state index contributed by atoms with van der Waals surface area (Å²) in [5, 5.41) is 0. The molecule has 0 bridgehead atoms. The Morgan fingerprint density at radius 1 is 1.05 bits per heavy atom. The molecule has 0 amide bonds. The molecule has 0 atom stereocenters. The SMILES string of the molecule is CN(C)S(=O)(=O)c1ccc(S(=O)(=O)NCC2CC2)cc1. The largest absolute Gasteiger partial charge is 0.242 e. The van der Waals surface area contributed by atoms with Crippen LogP contribution in [0.3, 0.4) is 0 Å². The van der Waals surface area contributed by atoms with E-state index in [1.54, 1.807) is 0 Å². The molecule has 1 fully saturated rings. The highest BCUT2D eigenvalue weighted by Gasteiger charge is 2.24. The van der Waals surface area contributed by atoms with Gasteiger partial charge in [-0.2, -0.15) is 0 Å². The van der Waals surface area contributed by atoms with Crippen LogP contribution in [0.5, 0.6) is 0 Å². The van der Waals surface area contributed by atoms with Gasteiger partial charge in [0.25, 0.3) is 0 Å². The summed E-state index contributed by atoms with van der Waals surface area (Å²) >= 11 is 0. The molecule has 1 aromatic carbocycles. The molecule has 0 unspecified atom stereocenters. The van der Waals surface area contributed by atoms with E-state index in [1.807, 2.05) is 0 Å². The maximum Gasteiger partial charge on any atom is 0.242 e. The molecule has 0 saturated heterocycles. The van der Waals surface area contributed by atoms with E-state index in [-0.39, 0.29) is 9.79 Å². The van der Waals surface area contributed by atoms with Crippen LogP contribution in [-0.4, -0.2) is 41.8 Å². The van der Waals surface area contributed by atoms with Crippen molar-refractivity contribution in [2.75, 3.05) is 20.6 Å². The van der Waals surface area contributed by atoms with Gasteiger partial charge in [0.15, 0.2) is 0 Å². The zero-order valence-corrected chi connectivity index (χ0v) is 13.0. The number of nitrogens with zero attached hydrogens (tertiary/aromatic N) is 1. The molecule has 2 rings (SSSR count). The smallest absolute Gasteiger partial charge is 0.211 e. The van der Waals surface area contributed by atoms with E-state index in [0.29, 0.717) is 12.5 Å². The quantitative estimate of drug-likeness (QED) is 0.833. The Morgan fingerprint density at radius 3 is 2.00 bits per heavy atom. The first kappa shape index (κ1) is 15.4. The van der Waals surface area contributed by atoms with Gasteiger partial charge < -0.3 is 0 Å². The monoisotopic (exact) mass is 318 g/mol. The van der Waals surface area contributed by atoms with Crippen molar-refractivity contribution in [2.24, 2.45) is 5.92 Å². The highest BCUT2D eigenvalue weighted by Crippen LogP contribution is 2.28. The van der Waals surface area contributed by atoms with Crippen LogP contribution in [0.4, 0.5) is 0 Å². The summed E-state index contributed by atoms with van der Waals surface area (Å²) in [6.45, 7) is 0.445. The number of benzene rings is 1. The highest BCUT2D eigenvalue weighted by atomic mass is 32.2. The number of hydrogen-bond donors (Lipinski definition) is 1. The van der Waals surface area contributed by atoms with Crippen LogP contribution in [-0.2, 0) is 20.0 Å². The minimum Gasteiger partial charge on any atom is -0.211 e. The third-order valence-electron chi connectivity index (χ3n) is 3.17. The number of nitrogens with one attached hydrogen (secondary N) is 1. The fourth-order valence-electron chi connectivity index (χ4n) is 1.63. The standard InChI is InChI=1S/C12H18N2O4S2/c1-14(2)20(17,18)12-7-5-11(6-8-12)19(15,16)13-9-10-3-4-10/h5-8,10,13H,3-4,9H2,1-2H3. The first-order valence-electron chi connectivity index (χ1n) is 6.26. The Labute approximate surface area is 119 Å². The van der Waals surface area contributed by atoms with Gasteiger partial charge >= 0.3 is 0 Å². The lowest BCUT2D eigenvalue weighted by molar-refractivity contribution is 0.520. The average molecular weight is 318 g/mol. The van der Waals surface area contributed by atoms with Crippen LogP contribution >= 0.6 is 0 Å². The van der Waals surface area contributed by atoms with Gasteiger partial charge in [0, 0.05) is 20.6 Å². The van der Waals surface area contributed by atoms with Crippen molar-refractivity contribution in [1.29, 1.82) is 0 Å². The summed E-state index contributed by atoms with van der Waals surface area (Å²) in [7, 11) is -4.24. The summed E-state index contributed by atoms with van der Waals surface area (Å²) in [4.78, 5) is 0.152. The lowest BCUT2D eigenvalue weighted by Gasteiger charge is -2.12. The van der Waals surface area contributed by atoms with E-state index in [9.17, 15) is 16.8 Å². The molecule has 0 radical (unpaired) electrons. The van der Waals surface area contributed by atoms with Crippen molar-refractivity contribution in [2.45, 2.75) is 22.6 Å². The van der Waals surface area contributed by atoms with Crippen LogP contribution < -0.4 is 4.72 Å². The van der Waals surface area contributed by atoms with E-state index in [4.69, 9.17) is 0 Å². The summed E-state index contributed by atoms with van der Waals surface area (Å²) in [5.74, 6) is 0.443. The molecule has 1 aliphatic rings. The second kappa shape index (κ2) is 5.44. The molecule has 1 N–H and O–H groups in total. The molecule has 112 valence electrons. The molecule has 1 aromatic rings. The first-order chi connectivity index (χ1) is 9.23. The summed E-state index contributed by atoms with van der Waals surface area (Å²) < 4.78 is 51.3. The minimum absolute atomic E-state index is 0.0728. The summed E-state index contributed by atoms with van der Waals surface area (Å²) in [6.07, 6.45) is 2.12. The van der Waals surface area contributed by atoms with Gasteiger partial charge in [-0.3, -0.25) is 0 Å². The van der Waals surface area contributed by atoms with Crippen LogP contribution in [0.15, 0.2) is 34.1 Å². The van der Waals surface area contributed by atoms with E-state index in [0.717, 1.165) is 17.1 Å². The van der Waals surface area contributed by atoms with Gasteiger partial charge in [-0.15, -0.1) is 0 Å². The van der Waals surface area contributed by atoms with Gasteiger partial charge in [0.05, 0.1) is 9.79 Å². The molecule has 1 saturated carbocycles. The first-order valence-corrected chi connectivity index (χ1v) is 9.18. The van der Waals surface area contributed by atoms with Crippen molar-refractivity contribution in [3.8, 4) is 0 Å². The molecular weight excluding hydrogens is 300 g/mol. The van der Waals surface area contributed by atoms with Crippen LogP contribution in [0.25, 0.3) is 0 Å². The fourth-order valence-corrected chi connectivity index (χ4v) is 3.65. The van der Waals surface area contributed by atoms with Gasteiger partial charge in [0.1, 0.15) is 0 Å². The zero-order chi connectivity index (χ0) is 15.0. The minimum atomic E-state index is -3.56. The number of rotatable bonds is 6. The predicted octanol–water partition coefficient (Wildman–Crippen LogP) is 0.625. The Hall–Kier alpha value is -0.960. The second-order valence-electron chi connectivity index (χ2n) is 5.05. The lowest BCUT2D eigenvalue weighted by atomic mass is 10.4. The van der Waals surface area contributed by atoms with Crippen LogP contribution in [0.1, 0.15) is 12.8 Å². The third-order valence-corrected chi connectivity index (χ3v) is 6.44. The Kier molecular flexibility index (Phi) is 4.19. The maximum atomic E-state index is 12.0. The Morgan fingerprint density at radius 2 is 1.55 bits per heavy atom. The second-order valence-corrected chi connectivity index (χ2v) is 8.97. The van der Waals surface area contributed by atoms with Gasteiger partial charge in [-0.1, -0.05) is 0 Å². The average Bonchev–Trinajstić information content (AvgIpc) is 3.20. The fraction of sp³-hybridized carbons (Fsp3) is 0.500. The molecular formula is C12H18N2O4S2. The molecule has 0 aliphatic heterocycles. The summed E-state index contributed by atoms with van der Waals surface area (Å²) in [6, 6.07) is 5.24. The Balaban J connectivity index is 2.19. The van der Waals surface area contributed by atoms with Gasteiger partial charge in [0.2, 0.25) is 20.0 Å². The van der Waals surface area contributed by atoms with E-state index in [2.05, 4.69) is 4.72 Å². The number of hydrogen-bond acceptors (Lipinski definition) is 4. The maximum absolute atomic E-state index is 12.0. The highest BCUT2D eigenvalue weighted by molar-refractivity contribution is 7.89. The topological polar surface area (TPSA) is 83.6 Å². The van der Waals surface area contributed by atoms with Crippen molar-refractivity contribution < 1.29 is 16.8 Å². The van der Waals surface area contributed by atoms with Crippen molar-refractivity contribution >= 4 is 20.0 Å². The predicted molar refractivity (Wildman–Crippen MR) is 75.2 cm³/mol. The molecule has 0 heterocycles. The normalized spacial score (nSPS) is 16.6. The lowest BCUT2D eigenvalue weighted by Crippen LogP contribution is -2.26. The Bertz CT molecular complexity index is 675. The molecule has 8 heteroatoms. The van der Waals surface area contributed by atoms with Crippen LogP contribution in [0.2, 0.25) is 0 Å². The summed E-state index contributed by atoms with van der Waals surface area (Å²) in [5.41, 5.74) is 0. The zero-order valence-electron chi connectivity index (χ0n) is 11.4. The number of sulfonamides is 2. The van der Waals surface area contributed by atoms with Crippen molar-refractivity contribution in [3.05, 3.63) is 24.3 Å². The van der Waals surface area contributed by atoms with Gasteiger partial charge in [-0.25, -0.2) is 25.9 Å². The molecule has 1 aliphatic carbocycles. The van der Waals surface area contributed by atoms with E-state index in [1.165, 1.54) is 38.4 Å². The third kappa shape index (κ3) is 3.38. The van der Waals surface area contributed by atoms with Crippen molar-refractivity contribution in [3.63, 3.8) is 0 Å².